The number of aliphatic carboxylic acids is 1. The van der Waals surface area contributed by atoms with Crippen molar-refractivity contribution in [2.45, 2.75) is 12.8 Å². The predicted octanol–water partition coefficient (Wildman–Crippen LogP) is 3.59. The molecule has 1 heterocycles. The quantitative estimate of drug-likeness (QED) is 0.918. The molecule has 1 aliphatic carbocycles. The second-order valence-electron chi connectivity index (χ2n) is 7.13. The summed E-state index contributed by atoms with van der Waals surface area (Å²) in [7, 11) is 0. The molecule has 0 saturated carbocycles. The van der Waals surface area contributed by atoms with E-state index in [2.05, 4.69) is 24.3 Å². The van der Waals surface area contributed by atoms with Gasteiger partial charge in [0.25, 0.3) is 0 Å². The first-order valence-corrected chi connectivity index (χ1v) is 8.89. The van der Waals surface area contributed by atoms with Gasteiger partial charge in [-0.25, -0.2) is 4.79 Å². The number of carboxylic acids is 1. The Hall–Kier alpha value is -2.82. The topological polar surface area (TPSA) is 66.8 Å². The summed E-state index contributed by atoms with van der Waals surface area (Å²) in [5, 5.41) is 9.23. The normalized spacial score (nSPS) is 21.3. The van der Waals surface area contributed by atoms with E-state index >= 15 is 0 Å². The number of likely N-dealkylation sites (tertiary alicyclic amines) is 1. The fourth-order valence-corrected chi connectivity index (χ4v) is 4.12. The molecule has 26 heavy (non-hydrogen) atoms. The number of ether oxygens (including phenoxy) is 1. The van der Waals surface area contributed by atoms with E-state index in [4.69, 9.17) is 4.74 Å². The monoisotopic (exact) mass is 351 g/mol. The van der Waals surface area contributed by atoms with Gasteiger partial charge < -0.3 is 14.7 Å². The summed E-state index contributed by atoms with van der Waals surface area (Å²) in [6.07, 6.45) is -0.428. The summed E-state index contributed by atoms with van der Waals surface area (Å²) in [5.74, 6) is -1.42. The van der Waals surface area contributed by atoms with Crippen LogP contribution in [-0.2, 0) is 9.53 Å². The van der Waals surface area contributed by atoms with Crippen molar-refractivity contribution in [2.75, 3.05) is 19.7 Å². The SMILES string of the molecule is CC1CN(C(=O)OCC2c3ccccc3-c3ccccc32)CC1C(=O)O. The minimum absolute atomic E-state index is 0.0154. The second-order valence-corrected chi connectivity index (χ2v) is 7.13. The molecule has 1 amide bonds. The van der Waals surface area contributed by atoms with Crippen molar-refractivity contribution in [2.24, 2.45) is 11.8 Å². The lowest BCUT2D eigenvalue weighted by Crippen LogP contribution is -2.31. The van der Waals surface area contributed by atoms with Crippen LogP contribution in [0.2, 0.25) is 0 Å². The van der Waals surface area contributed by atoms with Gasteiger partial charge in [-0.2, -0.15) is 0 Å². The van der Waals surface area contributed by atoms with Crippen LogP contribution in [0, 0.1) is 11.8 Å². The van der Waals surface area contributed by atoms with Gasteiger partial charge in [-0.1, -0.05) is 55.5 Å². The molecule has 1 fully saturated rings. The minimum atomic E-state index is -0.855. The summed E-state index contributed by atoms with van der Waals surface area (Å²) in [6.45, 7) is 2.76. The van der Waals surface area contributed by atoms with E-state index in [0.29, 0.717) is 6.54 Å². The van der Waals surface area contributed by atoms with Crippen molar-refractivity contribution in [3.05, 3.63) is 59.7 Å². The Morgan fingerprint density at radius 2 is 1.62 bits per heavy atom. The lowest BCUT2D eigenvalue weighted by Gasteiger charge is -2.19. The predicted molar refractivity (Wildman–Crippen MR) is 96.9 cm³/mol. The molecule has 2 aromatic rings. The maximum atomic E-state index is 12.5. The van der Waals surface area contributed by atoms with Gasteiger partial charge in [0.05, 0.1) is 5.92 Å². The van der Waals surface area contributed by atoms with E-state index in [0.717, 1.165) is 0 Å². The number of carbonyl (C=O) groups excluding carboxylic acids is 1. The van der Waals surface area contributed by atoms with Crippen molar-refractivity contribution in [1.82, 2.24) is 4.90 Å². The number of hydrogen-bond donors (Lipinski definition) is 1. The molecule has 1 N–H and O–H groups in total. The second kappa shape index (κ2) is 6.48. The molecule has 0 aromatic heterocycles. The van der Waals surface area contributed by atoms with Gasteiger partial charge in [0.2, 0.25) is 0 Å². The molecule has 134 valence electrons. The number of carbonyl (C=O) groups is 2. The fourth-order valence-electron chi connectivity index (χ4n) is 4.12. The van der Waals surface area contributed by atoms with Crippen LogP contribution < -0.4 is 0 Å². The van der Waals surface area contributed by atoms with Crippen LogP contribution in [0.15, 0.2) is 48.5 Å². The number of carboxylic acid groups (broad SMARTS) is 1. The highest BCUT2D eigenvalue weighted by atomic mass is 16.6. The summed E-state index contributed by atoms with van der Waals surface area (Å²) in [5.41, 5.74) is 4.70. The average Bonchev–Trinajstić information content (AvgIpc) is 3.18. The van der Waals surface area contributed by atoms with Gasteiger partial charge in [0, 0.05) is 19.0 Å². The molecule has 1 aliphatic heterocycles. The lowest BCUT2D eigenvalue weighted by atomic mass is 9.98. The summed E-state index contributed by atoms with van der Waals surface area (Å²) in [6, 6.07) is 16.4. The third kappa shape index (κ3) is 2.73. The van der Waals surface area contributed by atoms with Gasteiger partial charge in [-0.05, 0) is 28.2 Å². The van der Waals surface area contributed by atoms with E-state index < -0.39 is 18.0 Å². The Morgan fingerprint density at radius 3 is 2.15 bits per heavy atom. The first kappa shape index (κ1) is 16.6. The summed E-state index contributed by atoms with van der Waals surface area (Å²) < 4.78 is 5.59. The largest absolute Gasteiger partial charge is 0.481 e. The Morgan fingerprint density at radius 1 is 1.04 bits per heavy atom. The van der Waals surface area contributed by atoms with Gasteiger partial charge in [-0.3, -0.25) is 4.79 Å². The van der Waals surface area contributed by atoms with Crippen molar-refractivity contribution in [1.29, 1.82) is 0 Å². The zero-order valence-corrected chi connectivity index (χ0v) is 14.6. The van der Waals surface area contributed by atoms with Gasteiger partial charge in [0.15, 0.2) is 0 Å². The third-order valence-electron chi connectivity index (χ3n) is 5.52. The Kier molecular flexibility index (Phi) is 4.15. The first-order valence-electron chi connectivity index (χ1n) is 8.89. The molecule has 4 rings (SSSR count). The van der Waals surface area contributed by atoms with Crippen molar-refractivity contribution in [3.63, 3.8) is 0 Å². The molecule has 1 saturated heterocycles. The molecule has 5 heteroatoms. The van der Waals surface area contributed by atoms with Crippen LogP contribution >= 0.6 is 0 Å². The van der Waals surface area contributed by atoms with Crippen LogP contribution in [0.4, 0.5) is 4.79 Å². The molecular weight excluding hydrogens is 330 g/mol. The number of rotatable bonds is 3. The molecule has 2 atom stereocenters. The smallest absolute Gasteiger partial charge is 0.409 e. The molecule has 0 bridgehead atoms. The molecule has 0 spiro atoms. The van der Waals surface area contributed by atoms with Crippen molar-refractivity contribution >= 4 is 12.1 Å². The zero-order valence-electron chi connectivity index (χ0n) is 14.6. The van der Waals surface area contributed by atoms with E-state index in [-0.39, 0.29) is 25.0 Å². The Bertz CT molecular complexity index is 817. The van der Waals surface area contributed by atoms with Crippen LogP contribution in [-0.4, -0.2) is 41.8 Å². The number of hydrogen-bond acceptors (Lipinski definition) is 3. The Balaban J connectivity index is 1.49. The van der Waals surface area contributed by atoms with E-state index in [9.17, 15) is 14.7 Å². The van der Waals surface area contributed by atoms with Crippen LogP contribution in [0.5, 0.6) is 0 Å². The first-order chi connectivity index (χ1) is 12.6. The third-order valence-corrected chi connectivity index (χ3v) is 5.52. The van der Waals surface area contributed by atoms with Crippen LogP contribution in [0.25, 0.3) is 11.1 Å². The summed E-state index contributed by atoms with van der Waals surface area (Å²) >= 11 is 0. The van der Waals surface area contributed by atoms with Crippen LogP contribution in [0.3, 0.4) is 0 Å². The van der Waals surface area contributed by atoms with Crippen molar-refractivity contribution < 1.29 is 19.4 Å². The highest BCUT2D eigenvalue weighted by Crippen LogP contribution is 2.44. The lowest BCUT2D eigenvalue weighted by molar-refractivity contribution is -0.142. The maximum absolute atomic E-state index is 12.5. The van der Waals surface area contributed by atoms with Crippen molar-refractivity contribution in [3.8, 4) is 11.1 Å². The molecule has 5 nitrogen and oxygen atoms in total. The molecule has 2 aromatic carbocycles. The van der Waals surface area contributed by atoms with E-state index in [1.807, 2.05) is 31.2 Å². The maximum Gasteiger partial charge on any atom is 0.409 e. The minimum Gasteiger partial charge on any atom is -0.481 e. The molecule has 2 aliphatic rings. The molecule has 0 radical (unpaired) electrons. The molecular formula is C21H21NO4. The Labute approximate surface area is 152 Å². The average molecular weight is 351 g/mol. The van der Waals surface area contributed by atoms with Gasteiger partial charge in [-0.15, -0.1) is 0 Å². The number of amides is 1. The molecule has 2 unspecified atom stereocenters. The number of benzene rings is 2. The van der Waals surface area contributed by atoms with E-state index in [1.54, 1.807) is 0 Å². The van der Waals surface area contributed by atoms with Gasteiger partial charge in [0.1, 0.15) is 6.61 Å². The summed E-state index contributed by atoms with van der Waals surface area (Å²) in [4.78, 5) is 25.2. The van der Waals surface area contributed by atoms with Gasteiger partial charge >= 0.3 is 12.1 Å². The highest BCUT2D eigenvalue weighted by Gasteiger charge is 2.38. The van der Waals surface area contributed by atoms with E-state index in [1.165, 1.54) is 27.2 Å². The highest BCUT2D eigenvalue weighted by molar-refractivity contribution is 5.79. The standard InChI is InChI=1S/C21H21NO4/c1-13-10-22(11-18(13)20(23)24)21(25)26-12-19-16-8-4-2-6-14(16)15-7-3-5-9-17(15)19/h2-9,13,18-19H,10-12H2,1H3,(H,23,24). The number of fused-ring (bicyclic) bond motifs is 3. The van der Waals surface area contributed by atoms with Crippen LogP contribution in [0.1, 0.15) is 24.0 Å². The fraction of sp³-hybridized carbons (Fsp3) is 0.333. The number of nitrogens with zero attached hydrogens (tertiary/aromatic N) is 1. The zero-order chi connectivity index (χ0) is 18.3.